The van der Waals surface area contributed by atoms with E-state index >= 15 is 0 Å². The molecule has 0 aliphatic rings. The van der Waals surface area contributed by atoms with E-state index in [0.29, 0.717) is 5.69 Å². The number of anilines is 1. The van der Waals surface area contributed by atoms with E-state index in [1.807, 2.05) is 6.07 Å². The highest BCUT2D eigenvalue weighted by Gasteiger charge is 2.27. The van der Waals surface area contributed by atoms with Gasteiger partial charge in [0.05, 0.1) is 25.5 Å². The highest BCUT2D eigenvalue weighted by atomic mass is 19.4. The van der Waals surface area contributed by atoms with Gasteiger partial charge in [-0.05, 0) is 17.7 Å². The number of amides is 1. The number of hydrogen-bond acceptors (Lipinski definition) is 3. The lowest BCUT2D eigenvalue weighted by atomic mass is 10.1. The van der Waals surface area contributed by atoms with Gasteiger partial charge in [-0.15, -0.1) is 0 Å². The smallest absolute Gasteiger partial charge is 0.372 e. The van der Waals surface area contributed by atoms with Crippen molar-refractivity contribution in [3.63, 3.8) is 0 Å². The lowest BCUT2D eigenvalue weighted by Crippen LogP contribution is -2.20. The summed E-state index contributed by atoms with van der Waals surface area (Å²) in [5.74, 6) is -0.430. The first-order valence-corrected chi connectivity index (χ1v) is 5.81. The lowest BCUT2D eigenvalue weighted by molar-refractivity contribution is -0.174. The maximum atomic E-state index is 11.8. The second-order valence-electron chi connectivity index (χ2n) is 4.00. The minimum atomic E-state index is -4.38. The largest absolute Gasteiger partial charge is 0.411 e. The van der Waals surface area contributed by atoms with Crippen LogP contribution in [0.3, 0.4) is 0 Å². The summed E-state index contributed by atoms with van der Waals surface area (Å²) in [6, 6.07) is 8.63. The molecule has 1 aromatic rings. The summed E-state index contributed by atoms with van der Waals surface area (Å²) < 4.78 is 39.7. The van der Waals surface area contributed by atoms with Crippen molar-refractivity contribution < 1.29 is 22.7 Å². The molecular weight excluding hydrogens is 273 g/mol. The van der Waals surface area contributed by atoms with Gasteiger partial charge in [-0.1, -0.05) is 12.1 Å². The molecule has 108 valence electrons. The number of nitrogens with zero attached hydrogens (tertiary/aromatic N) is 1. The molecule has 0 aromatic heterocycles. The SMILES string of the molecule is N#CCc1ccc(NC(=O)CCOCC(F)(F)F)cc1. The van der Waals surface area contributed by atoms with Gasteiger partial charge in [-0.3, -0.25) is 4.79 Å². The fourth-order valence-electron chi connectivity index (χ4n) is 1.37. The third kappa shape index (κ3) is 6.75. The first-order valence-electron chi connectivity index (χ1n) is 5.81. The Morgan fingerprint density at radius 3 is 2.50 bits per heavy atom. The van der Waals surface area contributed by atoms with Crippen LogP contribution in [0.2, 0.25) is 0 Å². The Hall–Kier alpha value is -2.07. The Morgan fingerprint density at radius 2 is 1.95 bits per heavy atom. The van der Waals surface area contributed by atoms with Crippen molar-refractivity contribution in [3.8, 4) is 6.07 Å². The van der Waals surface area contributed by atoms with Crippen LogP contribution in [-0.4, -0.2) is 25.3 Å². The first-order chi connectivity index (χ1) is 9.40. The van der Waals surface area contributed by atoms with Gasteiger partial charge < -0.3 is 10.1 Å². The monoisotopic (exact) mass is 286 g/mol. The molecule has 0 heterocycles. The lowest BCUT2D eigenvalue weighted by Gasteiger charge is -2.08. The second kappa shape index (κ2) is 7.50. The topological polar surface area (TPSA) is 62.1 Å². The molecule has 0 saturated carbocycles. The molecule has 0 unspecified atom stereocenters. The normalized spacial score (nSPS) is 10.9. The standard InChI is InChI=1S/C13H13F3N2O2/c14-13(15,16)9-20-8-6-12(19)18-11-3-1-10(2-4-11)5-7-17/h1-4H,5-6,8-9H2,(H,18,19). The number of rotatable bonds is 6. The van der Waals surface area contributed by atoms with Gasteiger partial charge in [0.1, 0.15) is 6.61 Å². The second-order valence-corrected chi connectivity index (χ2v) is 4.00. The van der Waals surface area contributed by atoms with Crippen LogP contribution in [0.15, 0.2) is 24.3 Å². The molecule has 0 fully saturated rings. The van der Waals surface area contributed by atoms with Crippen LogP contribution in [0.4, 0.5) is 18.9 Å². The quantitative estimate of drug-likeness (QED) is 0.818. The molecule has 20 heavy (non-hydrogen) atoms. The van der Waals surface area contributed by atoms with E-state index in [2.05, 4.69) is 10.1 Å². The zero-order valence-electron chi connectivity index (χ0n) is 10.5. The molecule has 0 spiro atoms. The molecule has 0 atom stereocenters. The van der Waals surface area contributed by atoms with Gasteiger partial charge in [0.25, 0.3) is 0 Å². The molecule has 1 aromatic carbocycles. The van der Waals surface area contributed by atoms with E-state index in [1.165, 1.54) is 0 Å². The predicted molar refractivity (Wildman–Crippen MR) is 65.9 cm³/mol. The average molecular weight is 286 g/mol. The number of benzene rings is 1. The number of nitriles is 1. The highest BCUT2D eigenvalue weighted by molar-refractivity contribution is 5.90. The molecule has 4 nitrogen and oxygen atoms in total. The van der Waals surface area contributed by atoms with Crippen LogP contribution >= 0.6 is 0 Å². The molecule has 0 radical (unpaired) electrons. The van der Waals surface area contributed by atoms with Gasteiger partial charge in [0.2, 0.25) is 5.91 Å². The summed E-state index contributed by atoms with van der Waals surface area (Å²) in [6.07, 6.45) is -4.26. The third-order valence-corrected chi connectivity index (χ3v) is 2.26. The molecule has 7 heteroatoms. The fraction of sp³-hybridized carbons (Fsp3) is 0.385. The molecule has 0 aliphatic heterocycles. The van der Waals surface area contributed by atoms with Crippen LogP contribution in [0.5, 0.6) is 0 Å². The van der Waals surface area contributed by atoms with E-state index in [1.54, 1.807) is 24.3 Å². The average Bonchev–Trinajstić information content (AvgIpc) is 2.36. The van der Waals surface area contributed by atoms with Crippen molar-refractivity contribution in [3.05, 3.63) is 29.8 Å². The zero-order chi connectivity index (χ0) is 15.0. The number of carbonyl (C=O) groups excluding carboxylic acids is 1. The Labute approximate surface area is 114 Å². The zero-order valence-corrected chi connectivity index (χ0v) is 10.5. The van der Waals surface area contributed by atoms with Gasteiger partial charge >= 0.3 is 6.18 Å². The van der Waals surface area contributed by atoms with Crippen molar-refractivity contribution in [2.75, 3.05) is 18.5 Å². The predicted octanol–water partition coefficient (Wildman–Crippen LogP) is 2.66. The van der Waals surface area contributed by atoms with Crippen molar-refractivity contribution in [1.29, 1.82) is 5.26 Å². The number of carbonyl (C=O) groups is 1. The summed E-state index contributed by atoms with van der Waals surface area (Å²) in [7, 11) is 0. The molecule has 1 N–H and O–H groups in total. The van der Waals surface area contributed by atoms with Crippen molar-refractivity contribution in [1.82, 2.24) is 0 Å². The minimum Gasteiger partial charge on any atom is -0.372 e. The third-order valence-electron chi connectivity index (χ3n) is 2.26. The van der Waals surface area contributed by atoms with E-state index in [-0.39, 0.29) is 19.4 Å². The molecule has 0 bridgehead atoms. The fourth-order valence-corrected chi connectivity index (χ4v) is 1.37. The number of hydrogen-bond donors (Lipinski definition) is 1. The van der Waals surface area contributed by atoms with Crippen molar-refractivity contribution >= 4 is 11.6 Å². The van der Waals surface area contributed by atoms with Crippen molar-refractivity contribution in [2.45, 2.75) is 19.0 Å². The van der Waals surface area contributed by atoms with Gasteiger partial charge in [-0.25, -0.2) is 0 Å². The summed E-state index contributed by atoms with van der Waals surface area (Å²) in [6.45, 7) is -1.65. The Bertz CT molecular complexity index is 478. The summed E-state index contributed by atoms with van der Waals surface area (Å²) >= 11 is 0. The Kier molecular flexibility index (Phi) is 6.00. The van der Waals surface area contributed by atoms with E-state index in [4.69, 9.17) is 5.26 Å². The van der Waals surface area contributed by atoms with Crippen LogP contribution in [-0.2, 0) is 16.0 Å². The molecule has 1 rings (SSSR count). The maximum Gasteiger partial charge on any atom is 0.411 e. The summed E-state index contributed by atoms with van der Waals surface area (Å²) in [5.41, 5.74) is 1.34. The van der Waals surface area contributed by atoms with Gasteiger partial charge in [0.15, 0.2) is 0 Å². The van der Waals surface area contributed by atoms with E-state index < -0.39 is 18.7 Å². The van der Waals surface area contributed by atoms with E-state index in [9.17, 15) is 18.0 Å². The molecular formula is C13H13F3N2O2. The number of nitrogens with one attached hydrogen (secondary N) is 1. The molecule has 1 amide bonds. The van der Waals surface area contributed by atoms with Crippen LogP contribution in [0.1, 0.15) is 12.0 Å². The molecule has 0 saturated heterocycles. The van der Waals surface area contributed by atoms with Crippen LogP contribution in [0, 0.1) is 11.3 Å². The maximum absolute atomic E-state index is 11.8. The van der Waals surface area contributed by atoms with Crippen LogP contribution < -0.4 is 5.32 Å². The molecule has 0 aliphatic carbocycles. The van der Waals surface area contributed by atoms with Gasteiger partial charge in [0, 0.05) is 5.69 Å². The summed E-state index contributed by atoms with van der Waals surface area (Å²) in [5, 5.41) is 11.0. The van der Waals surface area contributed by atoms with Crippen LogP contribution in [0.25, 0.3) is 0 Å². The number of ether oxygens (including phenoxy) is 1. The highest BCUT2D eigenvalue weighted by Crippen LogP contribution is 2.14. The van der Waals surface area contributed by atoms with Gasteiger partial charge in [-0.2, -0.15) is 18.4 Å². The Morgan fingerprint density at radius 1 is 1.30 bits per heavy atom. The number of halogens is 3. The Balaban J connectivity index is 2.30. The van der Waals surface area contributed by atoms with E-state index in [0.717, 1.165) is 5.56 Å². The summed E-state index contributed by atoms with van der Waals surface area (Å²) in [4.78, 5) is 11.4. The first kappa shape index (κ1) is 16.0. The van der Waals surface area contributed by atoms with Crippen molar-refractivity contribution in [2.24, 2.45) is 0 Å². The number of alkyl halides is 3. The minimum absolute atomic E-state index is 0.157.